The average molecular weight is 288 g/mol. The van der Waals surface area contributed by atoms with E-state index in [1.165, 1.54) is 25.2 Å². The van der Waals surface area contributed by atoms with Crippen LogP contribution in [0.3, 0.4) is 0 Å². The molecular formula is C13H12N4O4. The summed E-state index contributed by atoms with van der Waals surface area (Å²) < 4.78 is 0. The number of carbonyl (C=O) groups is 2. The van der Waals surface area contributed by atoms with Gasteiger partial charge in [0.05, 0.1) is 4.92 Å². The van der Waals surface area contributed by atoms with Gasteiger partial charge in [0.15, 0.2) is 0 Å². The molecule has 1 aromatic carbocycles. The fraction of sp³-hybridized carbons (Fsp3) is 0.308. The van der Waals surface area contributed by atoms with Crippen LogP contribution < -0.4 is 5.32 Å². The van der Waals surface area contributed by atoms with Crippen LogP contribution in [0.1, 0.15) is 18.4 Å². The first-order valence-electron chi connectivity index (χ1n) is 6.19. The number of imide groups is 1. The summed E-state index contributed by atoms with van der Waals surface area (Å²) in [5, 5.41) is 22.6. The second kappa shape index (κ2) is 5.58. The quantitative estimate of drug-likeness (QED) is 0.504. The Bertz CT molecular complexity index is 665. The molecule has 0 radical (unpaired) electrons. The molecule has 1 unspecified atom stereocenters. The highest BCUT2D eigenvalue weighted by molar-refractivity contribution is 6.01. The van der Waals surface area contributed by atoms with Crippen LogP contribution in [-0.4, -0.2) is 34.7 Å². The first kappa shape index (κ1) is 14.5. The molecule has 1 aliphatic heterocycles. The average Bonchev–Trinajstić information content (AvgIpc) is 2.47. The standard InChI is InChI=1S/C13H12N4O4/c1-16-12(18)5-4-10(13(16)19)15-9-3-2-8(7-14)11(6-9)17(20)21/h2-3,6,10,15H,4-5H2,1H3. The van der Waals surface area contributed by atoms with E-state index in [1.807, 2.05) is 0 Å². The number of hydrogen-bond donors (Lipinski definition) is 1. The Balaban J connectivity index is 2.23. The van der Waals surface area contributed by atoms with E-state index in [1.54, 1.807) is 6.07 Å². The third-order valence-electron chi connectivity index (χ3n) is 3.31. The number of carbonyl (C=O) groups excluding carboxylic acids is 2. The van der Waals surface area contributed by atoms with Crippen LogP contribution in [0.4, 0.5) is 11.4 Å². The molecule has 1 saturated heterocycles. The largest absolute Gasteiger partial charge is 0.373 e. The van der Waals surface area contributed by atoms with Crippen molar-refractivity contribution < 1.29 is 14.5 Å². The minimum atomic E-state index is -0.651. The normalized spacial score (nSPS) is 18.3. The van der Waals surface area contributed by atoms with Crippen molar-refractivity contribution in [1.29, 1.82) is 5.26 Å². The number of hydrogen-bond acceptors (Lipinski definition) is 6. The number of anilines is 1. The molecule has 1 N–H and O–H groups in total. The zero-order valence-electron chi connectivity index (χ0n) is 11.2. The van der Waals surface area contributed by atoms with E-state index in [-0.39, 0.29) is 29.5 Å². The van der Waals surface area contributed by atoms with Crippen LogP contribution in [0.15, 0.2) is 18.2 Å². The number of likely N-dealkylation sites (N-methyl/N-ethyl adjacent to an activating group) is 1. The lowest BCUT2D eigenvalue weighted by Gasteiger charge is -2.28. The summed E-state index contributed by atoms with van der Waals surface area (Å²) in [6.07, 6.45) is 0.564. The predicted molar refractivity (Wildman–Crippen MR) is 72.2 cm³/mol. The highest BCUT2D eigenvalue weighted by Crippen LogP contribution is 2.24. The highest BCUT2D eigenvalue weighted by Gasteiger charge is 2.31. The molecule has 2 rings (SSSR count). The lowest BCUT2D eigenvalue weighted by Crippen LogP contribution is -2.48. The molecular weight excluding hydrogens is 276 g/mol. The van der Waals surface area contributed by atoms with E-state index < -0.39 is 11.0 Å². The van der Waals surface area contributed by atoms with E-state index in [4.69, 9.17) is 5.26 Å². The summed E-state index contributed by atoms with van der Waals surface area (Å²) in [4.78, 5) is 34.6. The van der Waals surface area contributed by atoms with Crippen molar-refractivity contribution in [2.45, 2.75) is 18.9 Å². The number of nitrogens with one attached hydrogen (secondary N) is 1. The topological polar surface area (TPSA) is 116 Å². The van der Waals surface area contributed by atoms with Crippen LogP contribution >= 0.6 is 0 Å². The van der Waals surface area contributed by atoms with Gasteiger partial charge in [0, 0.05) is 25.2 Å². The Hall–Kier alpha value is -2.95. The van der Waals surface area contributed by atoms with E-state index in [9.17, 15) is 19.7 Å². The number of amides is 2. The van der Waals surface area contributed by atoms with Crippen molar-refractivity contribution in [2.24, 2.45) is 0 Å². The number of likely N-dealkylation sites (tertiary alicyclic amines) is 1. The maximum atomic E-state index is 11.9. The minimum Gasteiger partial charge on any atom is -0.373 e. The van der Waals surface area contributed by atoms with Crippen molar-refractivity contribution in [3.05, 3.63) is 33.9 Å². The van der Waals surface area contributed by atoms with Crippen molar-refractivity contribution in [2.75, 3.05) is 12.4 Å². The van der Waals surface area contributed by atoms with E-state index >= 15 is 0 Å². The van der Waals surface area contributed by atoms with Gasteiger partial charge in [0.1, 0.15) is 17.7 Å². The molecule has 0 bridgehead atoms. The Labute approximate surface area is 120 Å². The fourth-order valence-corrected chi connectivity index (χ4v) is 2.12. The van der Waals surface area contributed by atoms with Crippen molar-refractivity contribution >= 4 is 23.2 Å². The molecule has 0 aromatic heterocycles. The summed E-state index contributed by atoms with van der Waals surface area (Å²) in [6, 6.07) is 5.16. The van der Waals surface area contributed by atoms with E-state index in [2.05, 4.69) is 5.32 Å². The van der Waals surface area contributed by atoms with Gasteiger partial charge in [-0.25, -0.2) is 0 Å². The Morgan fingerprint density at radius 3 is 2.81 bits per heavy atom. The van der Waals surface area contributed by atoms with Gasteiger partial charge < -0.3 is 5.32 Å². The van der Waals surface area contributed by atoms with Gasteiger partial charge in [-0.05, 0) is 18.6 Å². The van der Waals surface area contributed by atoms with Gasteiger partial charge >= 0.3 is 0 Å². The van der Waals surface area contributed by atoms with Gasteiger partial charge in [-0.1, -0.05) is 0 Å². The molecule has 2 amide bonds. The first-order valence-corrected chi connectivity index (χ1v) is 6.19. The number of nitrogens with zero attached hydrogens (tertiary/aromatic N) is 3. The summed E-state index contributed by atoms with van der Waals surface area (Å²) >= 11 is 0. The van der Waals surface area contributed by atoms with Gasteiger partial charge in [0.2, 0.25) is 5.91 Å². The smallest absolute Gasteiger partial charge is 0.289 e. The predicted octanol–water partition coefficient (Wildman–Crippen LogP) is 1.03. The Morgan fingerprint density at radius 1 is 1.48 bits per heavy atom. The molecule has 1 atom stereocenters. The zero-order chi connectivity index (χ0) is 15.6. The number of nitriles is 1. The maximum Gasteiger partial charge on any atom is 0.289 e. The summed E-state index contributed by atoms with van der Waals surface area (Å²) in [6.45, 7) is 0. The van der Waals surface area contributed by atoms with Crippen molar-refractivity contribution in [3.63, 3.8) is 0 Å². The molecule has 8 nitrogen and oxygen atoms in total. The molecule has 1 aliphatic rings. The molecule has 108 valence electrons. The molecule has 1 aromatic rings. The van der Waals surface area contributed by atoms with E-state index in [0.29, 0.717) is 12.1 Å². The number of rotatable bonds is 3. The van der Waals surface area contributed by atoms with Crippen molar-refractivity contribution in [1.82, 2.24) is 4.90 Å². The third-order valence-corrected chi connectivity index (χ3v) is 3.31. The van der Waals surface area contributed by atoms with Gasteiger partial charge in [-0.15, -0.1) is 0 Å². The molecule has 1 fully saturated rings. The van der Waals surface area contributed by atoms with Crippen LogP contribution in [0, 0.1) is 21.4 Å². The Morgan fingerprint density at radius 2 is 2.19 bits per heavy atom. The van der Waals surface area contributed by atoms with Gasteiger partial charge in [-0.2, -0.15) is 5.26 Å². The lowest BCUT2D eigenvalue weighted by molar-refractivity contribution is -0.385. The number of nitro benzene ring substituents is 1. The number of piperidine rings is 1. The van der Waals surface area contributed by atoms with Crippen LogP contribution in [0.25, 0.3) is 0 Å². The lowest BCUT2D eigenvalue weighted by atomic mass is 10.0. The van der Waals surface area contributed by atoms with Gasteiger partial charge in [0.25, 0.3) is 11.6 Å². The molecule has 21 heavy (non-hydrogen) atoms. The van der Waals surface area contributed by atoms with Crippen molar-refractivity contribution in [3.8, 4) is 6.07 Å². The summed E-state index contributed by atoms with van der Waals surface area (Å²) in [5.74, 6) is -0.623. The summed E-state index contributed by atoms with van der Waals surface area (Å²) in [7, 11) is 1.40. The Kier molecular flexibility index (Phi) is 3.84. The fourth-order valence-electron chi connectivity index (χ4n) is 2.12. The molecule has 0 aliphatic carbocycles. The second-order valence-electron chi connectivity index (χ2n) is 4.63. The minimum absolute atomic E-state index is 0.0483. The van der Waals surface area contributed by atoms with E-state index in [0.717, 1.165) is 4.90 Å². The SMILES string of the molecule is CN1C(=O)CCC(Nc2ccc(C#N)c([N+](=O)[O-])c2)C1=O. The zero-order valence-corrected chi connectivity index (χ0v) is 11.2. The second-order valence-corrected chi connectivity index (χ2v) is 4.63. The number of nitro groups is 1. The third kappa shape index (κ3) is 2.81. The van der Waals surface area contributed by atoms with Gasteiger partial charge in [-0.3, -0.25) is 24.6 Å². The number of benzene rings is 1. The van der Waals surface area contributed by atoms with Crippen LogP contribution in [0.2, 0.25) is 0 Å². The van der Waals surface area contributed by atoms with Crippen LogP contribution in [-0.2, 0) is 9.59 Å². The maximum absolute atomic E-state index is 11.9. The highest BCUT2D eigenvalue weighted by atomic mass is 16.6. The molecule has 1 heterocycles. The molecule has 8 heteroatoms. The van der Waals surface area contributed by atoms with Crippen LogP contribution in [0.5, 0.6) is 0 Å². The molecule has 0 saturated carbocycles. The summed E-state index contributed by atoms with van der Waals surface area (Å²) in [5.41, 5.74) is -0.00944. The monoisotopic (exact) mass is 288 g/mol. The molecule has 0 spiro atoms. The first-order chi connectivity index (χ1) is 9.93.